The zero-order valence-corrected chi connectivity index (χ0v) is 25.5. The molecule has 215 valence electrons. The monoisotopic (exact) mass is 753 g/mol. The van der Waals surface area contributed by atoms with Gasteiger partial charge in [0.2, 0.25) is 5.78 Å². The Labute approximate surface area is 276 Å². The molecular weight excluding hydrogens is 721 g/mol. The standard InChI is InChI=1S/C21H17N2.C16H9N4.Ir/c1-15-9-8-10-16(2)20(15)23-19-14-7-6-13-18(19)22-21(23)17-11-4-3-5-12-17;1-3-7-13-11(5-1)18-16-19(13)10-9-15-17-12-6-2-4-8-14(12)20(15)16;/h3-11,13-14H,1-2H3;1-7,9-10H;/q2*-1;/i1D3,2D3;;. The van der Waals surface area contributed by atoms with Crippen LogP contribution in [0.1, 0.15) is 19.4 Å². The Balaban J connectivity index is 0.000000163. The van der Waals surface area contributed by atoms with E-state index in [0.717, 1.165) is 33.5 Å². The van der Waals surface area contributed by atoms with Crippen LogP contribution in [0.15, 0.2) is 121 Å². The minimum atomic E-state index is -2.50. The van der Waals surface area contributed by atoms with E-state index in [1.807, 2.05) is 85.1 Å². The van der Waals surface area contributed by atoms with Crippen LogP contribution in [0, 0.1) is 25.8 Å². The smallest absolute Gasteiger partial charge is 0.219 e. The molecule has 9 rings (SSSR count). The van der Waals surface area contributed by atoms with Crippen molar-refractivity contribution in [2.75, 3.05) is 0 Å². The molecule has 1 radical (unpaired) electrons. The van der Waals surface area contributed by atoms with Gasteiger partial charge in [0.15, 0.2) is 0 Å². The first-order valence-electron chi connectivity index (χ1n) is 16.7. The molecule has 7 heteroatoms. The Bertz CT molecular complexity index is 2620. The molecule has 0 bridgehead atoms. The molecule has 5 aromatic carbocycles. The minimum absolute atomic E-state index is 0. The van der Waals surface area contributed by atoms with Crippen molar-refractivity contribution < 1.29 is 28.3 Å². The number of imidazole rings is 3. The molecule has 44 heavy (non-hydrogen) atoms. The van der Waals surface area contributed by atoms with E-state index in [0.29, 0.717) is 22.4 Å². The molecule has 4 heterocycles. The van der Waals surface area contributed by atoms with E-state index in [2.05, 4.69) is 37.0 Å². The number of aryl methyl sites for hydroxylation is 2. The van der Waals surface area contributed by atoms with Gasteiger partial charge >= 0.3 is 0 Å². The number of hydrogen-bond donors (Lipinski definition) is 0. The van der Waals surface area contributed by atoms with Gasteiger partial charge in [0.05, 0.1) is 27.9 Å². The van der Waals surface area contributed by atoms with Crippen molar-refractivity contribution in [1.82, 2.24) is 28.3 Å². The summed E-state index contributed by atoms with van der Waals surface area (Å²) in [5, 5.41) is 0. The summed E-state index contributed by atoms with van der Waals surface area (Å²) in [6.45, 7) is -5.00. The van der Waals surface area contributed by atoms with Crippen LogP contribution >= 0.6 is 0 Å². The van der Waals surface area contributed by atoms with E-state index in [1.165, 1.54) is 18.2 Å². The van der Waals surface area contributed by atoms with Gasteiger partial charge in [-0.2, -0.15) is 18.2 Å². The summed E-state index contributed by atoms with van der Waals surface area (Å²) in [5.41, 5.74) is 6.83. The summed E-state index contributed by atoms with van der Waals surface area (Å²) in [6, 6.07) is 41.2. The fraction of sp³-hybridized carbons (Fsp3) is 0.0541. The normalized spacial score (nSPS) is 13.8. The molecular formula is C37H26IrN6-2. The summed E-state index contributed by atoms with van der Waals surface area (Å²) in [7, 11) is 0. The van der Waals surface area contributed by atoms with Crippen LogP contribution < -0.4 is 0 Å². The minimum Gasteiger partial charge on any atom is -0.333 e. The summed E-state index contributed by atoms with van der Waals surface area (Å²) in [6.07, 6.45) is 2.02. The quantitative estimate of drug-likeness (QED) is 0.168. The fourth-order valence-electron chi connectivity index (χ4n) is 5.52. The van der Waals surface area contributed by atoms with Gasteiger partial charge in [-0.05, 0) is 66.2 Å². The van der Waals surface area contributed by atoms with E-state index in [4.69, 9.17) is 13.2 Å². The molecule has 6 nitrogen and oxygen atoms in total. The Morgan fingerprint density at radius 3 is 2.11 bits per heavy atom. The molecule has 9 aromatic rings. The van der Waals surface area contributed by atoms with E-state index in [1.54, 1.807) is 16.7 Å². The molecule has 0 unspecified atom stereocenters. The third-order valence-corrected chi connectivity index (χ3v) is 7.42. The topological polar surface area (TPSA) is 52.4 Å². The van der Waals surface area contributed by atoms with Crippen molar-refractivity contribution in [2.45, 2.75) is 13.7 Å². The van der Waals surface area contributed by atoms with Crippen molar-refractivity contribution >= 4 is 44.5 Å². The SMILES string of the molecule is [2H]C([2H])([2H])c1cccc(C([2H])([2H])[2H])c1-n1c(-c2[c-]cccc2)nc2ccccc21.[Ir].[c-]1cccc2nc3ccn4c5ccccc5nc4n3c12. The van der Waals surface area contributed by atoms with Crippen LogP contribution in [0.2, 0.25) is 0 Å². The average molecular weight is 753 g/mol. The second-order valence-corrected chi connectivity index (χ2v) is 10.0. The Morgan fingerprint density at radius 2 is 1.34 bits per heavy atom. The molecule has 0 N–H and O–H groups in total. The van der Waals surface area contributed by atoms with E-state index in [9.17, 15) is 0 Å². The molecule has 0 saturated carbocycles. The molecule has 0 fully saturated rings. The van der Waals surface area contributed by atoms with E-state index < -0.39 is 13.7 Å². The number of benzene rings is 5. The van der Waals surface area contributed by atoms with Crippen LogP contribution in [0.5, 0.6) is 0 Å². The van der Waals surface area contributed by atoms with E-state index in [-0.39, 0.29) is 36.9 Å². The first kappa shape index (κ1) is 21.6. The predicted octanol–water partition coefficient (Wildman–Crippen LogP) is 8.20. The second-order valence-electron chi connectivity index (χ2n) is 10.0. The maximum Gasteiger partial charge on any atom is 0.219 e. The second kappa shape index (κ2) is 11.2. The van der Waals surface area contributed by atoms with Gasteiger partial charge in [-0.1, -0.05) is 42.5 Å². The van der Waals surface area contributed by atoms with Crippen molar-refractivity contribution in [1.29, 1.82) is 0 Å². The van der Waals surface area contributed by atoms with Crippen LogP contribution in [0.3, 0.4) is 0 Å². The Hall–Kier alpha value is -5.10. The molecule has 0 saturated heterocycles. The summed E-state index contributed by atoms with van der Waals surface area (Å²) >= 11 is 0. The number of para-hydroxylation sites is 6. The molecule has 0 aliphatic heterocycles. The first-order chi connectivity index (χ1) is 23.6. The molecule has 0 amide bonds. The summed E-state index contributed by atoms with van der Waals surface area (Å²) in [4.78, 5) is 14.0. The van der Waals surface area contributed by atoms with Crippen LogP contribution in [0.25, 0.3) is 61.6 Å². The molecule has 4 aromatic heterocycles. The van der Waals surface area contributed by atoms with Gasteiger partial charge in [-0.15, -0.1) is 42.0 Å². The average Bonchev–Trinajstić information content (AvgIpc) is 3.79. The molecule has 0 aliphatic rings. The van der Waals surface area contributed by atoms with Crippen LogP contribution in [0.4, 0.5) is 0 Å². The zero-order valence-electron chi connectivity index (χ0n) is 29.1. The van der Waals surface area contributed by atoms with Gasteiger partial charge in [0, 0.05) is 40.2 Å². The van der Waals surface area contributed by atoms with Crippen LogP contribution in [-0.2, 0) is 20.1 Å². The van der Waals surface area contributed by atoms with Gasteiger partial charge < -0.3 is 4.57 Å². The van der Waals surface area contributed by atoms with Crippen LogP contribution in [-0.4, -0.2) is 28.3 Å². The van der Waals surface area contributed by atoms with Crippen molar-refractivity contribution in [3.05, 3.63) is 145 Å². The van der Waals surface area contributed by atoms with Gasteiger partial charge in [-0.25, -0.2) is 4.98 Å². The van der Waals surface area contributed by atoms with E-state index >= 15 is 0 Å². The number of nitrogens with zero attached hydrogens (tertiary/aromatic N) is 6. The Kier molecular flexibility index (Phi) is 5.49. The van der Waals surface area contributed by atoms with Crippen molar-refractivity contribution in [3.63, 3.8) is 0 Å². The first-order valence-corrected chi connectivity index (χ1v) is 13.7. The maximum absolute atomic E-state index is 8.01. The number of aromatic nitrogens is 6. The van der Waals surface area contributed by atoms with Gasteiger partial charge in [-0.3, -0.25) is 18.8 Å². The van der Waals surface area contributed by atoms with Crippen molar-refractivity contribution in [3.8, 4) is 17.1 Å². The molecule has 0 spiro atoms. The maximum atomic E-state index is 8.01. The number of hydrogen-bond acceptors (Lipinski definition) is 3. The summed E-state index contributed by atoms with van der Waals surface area (Å²) < 4.78 is 53.8. The van der Waals surface area contributed by atoms with Crippen molar-refractivity contribution in [2.24, 2.45) is 0 Å². The zero-order chi connectivity index (χ0) is 33.9. The third-order valence-electron chi connectivity index (χ3n) is 7.42. The third kappa shape index (κ3) is 4.49. The molecule has 0 atom stereocenters. The van der Waals surface area contributed by atoms with Gasteiger partial charge in [0.1, 0.15) is 5.65 Å². The van der Waals surface area contributed by atoms with Gasteiger partial charge in [0.25, 0.3) is 0 Å². The summed E-state index contributed by atoms with van der Waals surface area (Å²) in [5.74, 6) is 1.31. The largest absolute Gasteiger partial charge is 0.333 e. The number of fused-ring (bicyclic) bond motifs is 8. The number of rotatable bonds is 2. The Morgan fingerprint density at radius 1 is 0.636 bits per heavy atom. The predicted molar refractivity (Wildman–Crippen MR) is 173 cm³/mol. The molecule has 0 aliphatic carbocycles. The fourth-order valence-corrected chi connectivity index (χ4v) is 5.52.